The van der Waals surface area contributed by atoms with Crippen molar-refractivity contribution in [1.29, 1.82) is 0 Å². The lowest BCUT2D eigenvalue weighted by Gasteiger charge is -2.13. The van der Waals surface area contributed by atoms with E-state index in [1.165, 1.54) is 0 Å². The minimum Gasteiger partial charge on any atom is -0.338 e. The molecule has 7 heteroatoms. The van der Waals surface area contributed by atoms with Crippen molar-refractivity contribution in [2.75, 3.05) is 11.9 Å². The molecular formula is C15H23N5O2. The van der Waals surface area contributed by atoms with Gasteiger partial charge in [0.1, 0.15) is 0 Å². The van der Waals surface area contributed by atoms with Gasteiger partial charge in [0.2, 0.25) is 11.8 Å². The summed E-state index contributed by atoms with van der Waals surface area (Å²) < 4.78 is 6.94. The molecule has 2 aromatic rings. The van der Waals surface area contributed by atoms with Gasteiger partial charge in [-0.15, -0.1) is 0 Å². The second-order valence-electron chi connectivity index (χ2n) is 5.84. The topological polar surface area (TPSA) is 85.0 Å². The maximum atomic E-state index is 11.9. The Hall–Kier alpha value is -2.15. The average Bonchev–Trinajstić information content (AvgIpc) is 3.06. The highest BCUT2D eigenvalue weighted by atomic mass is 16.5. The van der Waals surface area contributed by atoms with E-state index in [1.54, 1.807) is 6.07 Å². The Morgan fingerprint density at radius 1 is 1.41 bits per heavy atom. The van der Waals surface area contributed by atoms with Crippen LogP contribution >= 0.6 is 0 Å². The third-order valence-electron chi connectivity index (χ3n) is 3.22. The van der Waals surface area contributed by atoms with Gasteiger partial charge in [0.15, 0.2) is 0 Å². The molecule has 0 aromatic carbocycles. The van der Waals surface area contributed by atoms with Gasteiger partial charge in [-0.1, -0.05) is 19.0 Å². The van der Waals surface area contributed by atoms with Crippen LogP contribution in [0.4, 0.5) is 5.88 Å². The fourth-order valence-corrected chi connectivity index (χ4v) is 1.98. The van der Waals surface area contributed by atoms with Gasteiger partial charge in [0.05, 0.1) is 25.0 Å². The van der Waals surface area contributed by atoms with Crippen LogP contribution in [-0.2, 0) is 11.3 Å². The summed E-state index contributed by atoms with van der Waals surface area (Å²) in [6, 6.07) is 1.88. The predicted molar refractivity (Wildman–Crippen MR) is 83.7 cm³/mol. The number of hydrogen-bond acceptors (Lipinski definition) is 5. The third kappa shape index (κ3) is 4.70. The number of carbonyl (C=O) groups is 1. The highest BCUT2D eigenvalue weighted by Crippen LogP contribution is 2.17. The Balaban J connectivity index is 1.74. The van der Waals surface area contributed by atoms with Gasteiger partial charge in [-0.3, -0.25) is 14.8 Å². The average molecular weight is 305 g/mol. The quantitative estimate of drug-likeness (QED) is 0.816. The maximum absolute atomic E-state index is 11.9. The van der Waals surface area contributed by atoms with E-state index >= 15 is 0 Å². The smallest absolute Gasteiger partial charge is 0.240 e. The molecule has 0 bridgehead atoms. The summed E-state index contributed by atoms with van der Waals surface area (Å²) in [4.78, 5) is 11.9. The van der Waals surface area contributed by atoms with Gasteiger partial charge in [-0.2, -0.15) is 5.10 Å². The fraction of sp³-hybridized carbons (Fsp3) is 0.533. The minimum absolute atomic E-state index is 0.131. The zero-order chi connectivity index (χ0) is 16.1. The Morgan fingerprint density at radius 3 is 2.77 bits per heavy atom. The van der Waals surface area contributed by atoms with E-state index in [9.17, 15) is 4.79 Å². The van der Waals surface area contributed by atoms with Crippen LogP contribution < -0.4 is 10.6 Å². The Kier molecular flexibility index (Phi) is 5.32. The zero-order valence-electron chi connectivity index (χ0n) is 13.5. The van der Waals surface area contributed by atoms with Crippen molar-refractivity contribution in [3.05, 3.63) is 29.7 Å². The molecule has 0 aliphatic carbocycles. The second kappa shape index (κ2) is 7.22. The number of carbonyl (C=O) groups excluding carboxylic acids is 1. The Labute approximate surface area is 130 Å². The number of nitrogens with one attached hydrogen (secondary N) is 2. The normalized spacial score (nSPS) is 12.6. The minimum atomic E-state index is -0.157. The molecule has 2 rings (SSSR count). The van der Waals surface area contributed by atoms with Crippen molar-refractivity contribution in [1.82, 2.24) is 20.3 Å². The standard InChI is InChI=1S/C15H23N5O2/c1-10(2)13-5-15(22-19-13)18-14(21)7-16-12(4)9-20-8-11(3)6-17-20/h5-6,8,10,12,16H,7,9H2,1-4H3,(H,18,21)/t12-/m1/s1. The van der Waals surface area contributed by atoms with Crippen LogP contribution in [-0.4, -0.2) is 33.4 Å². The van der Waals surface area contributed by atoms with Crippen LogP contribution in [0.5, 0.6) is 0 Å². The molecule has 2 aromatic heterocycles. The number of amides is 1. The lowest BCUT2D eigenvalue weighted by Crippen LogP contribution is -2.36. The van der Waals surface area contributed by atoms with Crippen LogP contribution in [0.15, 0.2) is 23.0 Å². The van der Waals surface area contributed by atoms with Gasteiger partial charge in [-0.05, 0) is 25.3 Å². The van der Waals surface area contributed by atoms with E-state index in [2.05, 4.69) is 20.9 Å². The summed E-state index contributed by atoms with van der Waals surface area (Å²) in [5.41, 5.74) is 1.95. The first-order valence-corrected chi connectivity index (χ1v) is 7.43. The fourth-order valence-electron chi connectivity index (χ4n) is 1.98. The Bertz CT molecular complexity index is 617. The first kappa shape index (κ1) is 16.2. The molecule has 0 aliphatic heterocycles. The molecule has 1 atom stereocenters. The SMILES string of the molecule is Cc1cnn(C[C@@H](C)NCC(=O)Nc2cc(C(C)C)no2)c1. The first-order valence-electron chi connectivity index (χ1n) is 7.43. The summed E-state index contributed by atoms with van der Waals surface area (Å²) in [5.74, 6) is 0.492. The van der Waals surface area contributed by atoms with E-state index in [4.69, 9.17) is 4.52 Å². The highest BCUT2D eigenvalue weighted by Gasteiger charge is 2.11. The summed E-state index contributed by atoms with van der Waals surface area (Å²) in [6.45, 7) is 8.96. The Morgan fingerprint density at radius 2 is 2.18 bits per heavy atom. The maximum Gasteiger partial charge on any atom is 0.240 e. The monoisotopic (exact) mass is 305 g/mol. The molecule has 0 saturated carbocycles. The third-order valence-corrected chi connectivity index (χ3v) is 3.22. The van der Waals surface area contributed by atoms with Crippen molar-refractivity contribution in [3.63, 3.8) is 0 Å². The van der Waals surface area contributed by atoms with Crippen LogP contribution in [0.25, 0.3) is 0 Å². The largest absolute Gasteiger partial charge is 0.338 e. The predicted octanol–water partition coefficient (Wildman–Crippen LogP) is 1.92. The summed E-state index contributed by atoms with van der Waals surface area (Å²) in [7, 11) is 0. The van der Waals surface area contributed by atoms with Crippen molar-refractivity contribution >= 4 is 11.8 Å². The van der Waals surface area contributed by atoms with Crippen molar-refractivity contribution < 1.29 is 9.32 Å². The van der Waals surface area contributed by atoms with Crippen LogP contribution in [0, 0.1) is 6.92 Å². The lowest BCUT2D eigenvalue weighted by atomic mass is 10.1. The molecule has 0 saturated heterocycles. The molecule has 120 valence electrons. The summed E-state index contributed by atoms with van der Waals surface area (Å²) >= 11 is 0. The molecule has 2 heterocycles. The highest BCUT2D eigenvalue weighted by molar-refractivity contribution is 5.90. The number of hydrogen-bond donors (Lipinski definition) is 2. The van der Waals surface area contributed by atoms with Crippen LogP contribution in [0.1, 0.15) is 37.9 Å². The molecule has 22 heavy (non-hydrogen) atoms. The van der Waals surface area contributed by atoms with Gasteiger partial charge in [0.25, 0.3) is 0 Å². The van der Waals surface area contributed by atoms with E-state index in [0.29, 0.717) is 12.4 Å². The number of nitrogens with zero attached hydrogens (tertiary/aromatic N) is 3. The number of anilines is 1. The molecule has 7 nitrogen and oxygen atoms in total. The van der Waals surface area contributed by atoms with Gasteiger partial charge < -0.3 is 9.84 Å². The molecule has 0 spiro atoms. The van der Waals surface area contributed by atoms with E-state index in [0.717, 1.165) is 11.3 Å². The number of rotatable bonds is 7. The lowest BCUT2D eigenvalue weighted by molar-refractivity contribution is -0.115. The summed E-state index contributed by atoms with van der Waals surface area (Å²) in [6.07, 6.45) is 3.79. The van der Waals surface area contributed by atoms with Gasteiger partial charge >= 0.3 is 0 Å². The molecule has 0 unspecified atom stereocenters. The van der Waals surface area contributed by atoms with E-state index in [-0.39, 0.29) is 24.4 Å². The van der Waals surface area contributed by atoms with Gasteiger partial charge in [-0.25, -0.2) is 0 Å². The first-order chi connectivity index (χ1) is 10.4. The molecular weight excluding hydrogens is 282 g/mol. The zero-order valence-corrected chi connectivity index (χ0v) is 13.5. The van der Waals surface area contributed by atoms with Crippen molar-refractivity contribution in [2.24, 2.45) is 0 Å². The number of aryl methyl sites for hydroxylation is 1. The summed E-state index contributed by atoms with van der Waals surface area (Å²) in [5, 5.41) is 14.0. The molecule has 0 fully saturated rings. The number of aromatic nitrogens is 3. The molecule has 1 amide bonds. The molecule has 0 aliphatic rings. The second-order valence-corrected chi connectivity index (χ2v) is 5.84. The van der Waals surface area contributed by atoms with Crippen LogP contribution in [0.2, 0.25) is 0 Å². The van der Waals surface area contributed by atoms with Crippen molar-refractivity contribution in [3.8, 4) is 0 Å². The van der Waals surface area contributed by atoms with E-state index in [1.807, 2.05) is 44.8 Å². The van der Waals surface area contributed by atoms with Gasteiger partial charge in [0, 0.05) is 18.3 Å². The molecule has 0 radical (unpaired) electrons. The van der Waals surface area contributed by atoms with Crippen LogP contribution in [0.3, 0.4) is 0 Å². The van der Waals surface area contributed by atoms with E-state index < -0.39 is 0 Å². The van der Waals surface area contributed by atoms with Crippen molar-refractivity contribution in [2.45, 2.75) is 46.2 Å². The molecule has 2 N–H and O–H groups in total.